The number of hydrogen-bond donors (Lipinski definition) is 1. The van der Waals surface area contributed by atoms with E-state index in [4.69, 9.17) is 16.3 Å². The number of anilines is 1. The molecule has 1 saturated heterocycles. The maximum Gasteiger partial charge on any atom is 0.151 e. The summed E-state index contributed by atoms with van der Waals surface area (Å²) in [7, 11) is 0. The van der Waals surface area contributed by atoms with Gasteiger partial charge in [0.1, 0.15) is 11.3 Å². The first-order chi connectivity index (χ1) is 8.68. The third-order valence-electron chi connectivity index (χ3n) is 2.91. The molecule has 1 atom stereocenters. The summed E-state index contributed by atoms with van der Waals surface area (Å²) in [5.74, 6) is 0.797. The van der Waals surface area contributed by atoms with E-state index >= 15 is 0 Å². The fourth-order valence-electron chi connectivity index (χ4n) is 1.99. The lowest BCUT2D eigenvalue weighted by Gasteiger charge is -2.37. The minimum absolute atomic E-state index is 0.258. The van der Waals surface area contributed by atoms with Gasteiger partial charge in [0.15, 0.2) is 5.82 Å². The third kappa shape index (κ3) is 3.31. The van der Waals surface area contributed by atoms with Crippen molar-refractivity contribution >= 4 is 17.4 Å². The number of aromatic nitrogens is 2. The van der Waals surface area contributed by atoms with Crippen LogP contribution in [0, 0.1) is 0 Å². The topological polar surface area (TPSA) is 50.3 Å². The molecule has 1 unspecified atom stereocenters. The smallest absolute Gasteiger partial charge is 0.151 e. The summed E-state index contributed by atoms with van der Waals surface area (Å²) < 4.78 is 5.54. The van der Waals surface area contributed by atoms with E-state index in [0.29, 0.717) is 24.3 Å². The van der Waals surface area contributed by atoms with E-state index in [-0.39, 0.29) is 6.04 Å². The molecule has 0 aliphatic carbocycles. The number of nitrogens with one attached hydrogen (secondary N) is 1. The number of hydrogen-bond acceptors (Lipinski definition) is 5. The van der Waals surface area contributed by atoms with Gasteiger partial charge in [-0.2, -0.15) is 0 Å². The first-order valence-corrected chi connectivity index (χ1v) is 6.59. The molecular formula is C12H19ClN4O. The molecule has 0 amide bonds. The monoisotopic (exact) mass is 270 g/mol. The molecule has 5 nitrogen and oxygen atoms in total. The second-order valence-corrected chi connectivity index (χ2v) is 5.09. The molecule has 1 N–H and O–H groups in total. The van der Waals surface area contributed by atoms with Gasteiger partial charge in [0.2, 0.25) is 0 Å². The van der Waals surface area contributed by atoms with E-state index in [1.807, 2.05) is 0 Å². The predicted molar refractivity (Wildman–Crippen MR) is 72.1 cm³/mol. The molecule has 0 radical (unpaired) electrons. The zero-order chi connectivity index (χ0) is 13.0. The molecule has 1 aliphatic heterocycles. The minimum Gasteiger partial charge on any atom is -0.377 e. The van der Waals surface area contributed by atoms with Crippen LogP contribution in [0.15, 0.2) is 12.5 Å². The Morgan fingerprint density at radius 3 is 3.17 bits per heavy atom. The maximum atomic E-state index is 6.16. The van der Waals surface area contributed by atoms with Crippen molar-refractivity contribution in [2.24, 2.45) is 0 Å². The van der Waals surface area contributed by atoms with E-state index in [1.165, 1.54) is 6.33 Å². The minimum atomic E-state index is 0.258. The first kappa shape index (κ1) is 13.5. The summed E-state index contributed by atoms with van der Waals surface area (Å²) in [5, 5.41) is 4.02. The zero-order valence-corrected chi connectivity index (χ0v) is 11.5. The summed E-state index contributed by atoms with van der Waals surface area (Å²) in [6, 6.07) is 0.711. The number of ether oxygens (including phenoxy) is 1. The molecule has 18 heavy (non-hydrogen) atoms. The van der Waals surface area contributed by atoms with Crippen LogP contribution in [0.5, 0.6) is 0 Å². The van der Waals surface area contributed by atoms with Crippen LogP contribution in [0.1, 0.15) is 13.8 Å². The lowest BCUT2D eigenvalue weighted by Crippen LogP contribution is -2.51. The van der Waals surface area contributed by atoms with Crippen molar-refractivity contribution in [3.63, 3.8) is 0 Å². The lowest BCUT2D eigenvalue weighted by molar-refractivity contribution is 0.0928. The molecular weight excluding hydrogens is 252 g/mol. The van der Waals surface area contributed by atoms with E-state index < -0.39 is 0 Å². The fourth-order valence-corrected chi connectivity index (χ4v) is 2.21. The third-order valence-corrected chi connectivity index (χ3v) is 3.18. The number of halogens is 1. The molecule has 1 aliphatic rings. The Hall–Kier alpha value is -0.910. The number of morpholine rings is 1. The van der Waals surface area contributed by atoms with Gasteiger partial charge in [0.25, 0.3) is 0 Å². The van der Waals surface area contributed by atoms with E-state index in [9.17, 15) is 0 Å². The molecule has 0 aromatic carbocycles. The van der Waals surface area contributed by atoms with Gasteiger partial charge in [0.05, 0.1) is 25.5 Å². The zero-order valence-electron chi connectivity index (χ0n) is 10.8. The standard InChI is InChI=1S/C12H19ClN4O/c1-9(2)15-5-10-7-18-4-3-17(10)12-11(13)6-14-8-16-12/h6,8-10,15H,3-5,7H2,1-2H3. The molecule has 2 rings (SSSR count). The summed E-state index contributed by atoms with van der Waals surface area (Å²) in [5.41, 5.74) is 0. The molecule has 1 fully saturated rings. The first-order valence-electron chi connectivity index (χ1n) is 6.21. The van der Waals surface area contributed by atoms with Crippen LogP contribution in [0.2, 0.25) is 5.02 Å². The molecule has 100 valence electrons. The van der Waals surface area contributed by atoms with Crippen LogP contribution in [0.4, 0.5) is 5.82 Å². The molecule has 0 saturated carbocycles. The van der Waals surface area contributed by atoms with Crippen molar-refractivity contribution in [3.05, 3.63) is 17.5 Å². The Morgan fingerprint density at radius 1 is 1.61 bits per heavy atom. The average molecular weight is 271 g/mol. The van der Waals surface area contributed by atoms with Crippen molar-refractivity contribution in [1.82, 2.24) is 15.3 Å². The van der Waals surface area contributed by atoms with Crippen LogP contribution in [-0.4, -0.2) is 48.4 Å². The molecule has 1 aromatic heterocycles. The Balaban J connectivity index is 2.10. The number of rotatable bonds is 4. The van der Waals surface area contributed by atoms with Gasteiger partial charge in [-0.15, -0.1) is 0 Å². The Kier molecular flexibility index (Phi) is 4.74. The van der Waals surface area contributed by atoms with E-state index in [0.717, 1.165) is 18.9 Å². The highest BCUT2D eigenvalue weighted by Gasteiger charge is 2.25. The number of nitrogens with zero attached hydrogens (tertiary/aromatic N) is 3. The van der Waals surface area contributed by atoms with Crippen molar-refractivity contribution in [2.45, 2.75) is 25.9 Å². The fraction of sp³-hybridized carbons (Fsp3) is 0.667. The van der Waals surface area contributed by atoms with Gasteiger partial charge < -0.3 is 15.0 Å². The van der Waals surface area contributed by atoms with Gasteiger partial charge >= 0.3 is 0 Å². The molecule has 1 aromatic rings. The van der Waals surface area contributed by atoms with Crippen molar-refractivity contribution in [2.75, 3.05) is 31.2 Å². The second kappa shape index (κ2) is 6.31. The maximum absolute atomic E-state index is 6.16. The summed E-state index contributed by atoms with van der Waals surface area (Å²) in [6.07, 6.45) is 3.16. The SMILES string of the molecule is CC(C)NCC1COCCN1c1ncncc1Cl. The van der Waals surface area contributed by atoms with Crippen LogP contribution < -0.4 is 10.2 Å². The summed E-state index contributed by atoms with van der Waals surface area (Å²) >= 11 is 6.16. The van der Waals surface area contributed by atoms with Crippen LogP contribution in [0.3, 0.4) is 0 Å². The van der Waals surface area contributed by atoms with Crippen molar-refractivity contribution in [3.8, 4) is 0 Å². The molecule has 0 spiro atoms. The normalized spacial score (nSPS) is 20.4. The molecule has 0 bridgehead atoms. The highest BCUT2D eigenvalue weighted by Crippen LogP contribution is 2.24. The van der Waals surface area contributed by atoms with Crippen LogP contribution in [-0.2, 0) is 4.74 Å². The van der Waals surface area contributed by atoms with Gasteiger partial charge in [-0.05, 0) is 0 Å². The van der Waals surface area contributed by atoms with Gasteiger partial charge in [-0.1, -0.05) is 25.4 Å². The van der Waals surface area contributed by atoms with Crippen molar-refractivity contribution in [1.29, 1.82) is 0 Å². The summed E-state index contributed by atoms with van der Waals surface area (Å²) in [4.78, 5) is 10.4. The quantitative estimate of drug-likeness (QED) is 0.895. The predicted octanol–water partition coefficient (Wildman–Crippen LogP) is 1.33. The van der Waals surface area contributed by atoms with Crippen LogP contribution >= 0.6 is 11.6 Å². The van der Waals surface area contributed by atoms with Gasteiger partial charge in [-0.25, -0.2) is 9.97 Å². The Labute approximate surface area is 113 Å². The van der Waals surface area contributed by atoms with E-state index in [2.05, 4.69) is 34.0 Å². The van der Waals surface area contributed by atoms with Crippen molar-refractivity contribution < 1.29 is 4.74 Å². The van der Waals surface area contributed by atoms with Crippen LogP contribution in [0.25, 0.3) is 0 Å². The molecule has 2 heterocycles. The second-order valence-electron chi connectivity index (χ2n) is 4.68. The largest absolute Gasteiger partial charge is 0.377 e. The Bertz CT molecular complexity index is 388. The van der Waals surface area contributed by atoms with Gasteiger partial charge in [-0.3, -0.25) is 0 Å². The highest BCUT2D eigenvalue weighted by atomic mass is 35.5. The van der Waals surface area contributed by atoms with Gasteiger partial charge in [0, 0.05) is 19.1 Å². The lowest BCUT2D eigenvalue weighted by atomic mass is 10.2. The average Bonchev–Trinajstić information content (AvgIpc) is 2.37. The molecule has 6 heteroatoms. The summed E-state index contributed by atoms with van der Waals surface area (Å²) in [6.45, 7) is 7.33. The Morgan fingerprint density at radius 2 is 2.44 bits per heavy atom. The highest BCUT2D eigenvalue weighted by molar-refractivity contribution is 6.32. The van der Waals surface area contributed by atoms with E-state index in [1.54, 1.807) is 6.20 Å².